The second kappa shape index (κ2) is 11.5. The first-order valence-corrected chi connectivity index (χ1v) is 13.2. The molecular weight excluding hydrogens is 474 g/mol. The fourth-order valence-corrected chi connectivity index (χ4v) is 5.64. The van der Waals surface area contributed by atoms with Crippen molar-refractivity contribution in [3.8, 4) is 17.2 Å². The summed E-state index contributed by atoms with van der Waals surface area (Å²) in [4.78, 5) is 26.5. The number of aromatic nitrogens is 2. The van der Waals surface area contributed by atoms with Gasteiger partial charge in [0, 0.05) is 10.4 Å². The number of thioether (sulfide) groups is 1. The lowest BCUT2D eigenvalue weighted by atomic mass is 10.1. The predicted octanol–water partition coefficient (Wildman–Crippen LogP) is 5.37. The number of fused-ring (bicyclic) bond motifs is 1. The van der Waals surface area contributed by atoms with Crippen LogP contribution in [0.25, 0.3) is 11.5 Å². The van der Waals surface area contributed by atoms with E-state index in [1.807, 2.05) is 31.2 Å². The van der Waals surface area contributed by atoms with Gasteiger partial charge in [0.2, 0.25) is 11.8 Å². The molecule has 0 bridgehead atoms. The number of nitrogens with zero attached hydrogens (tertiary/aromatic N) is 2. The Morgan fingerprint density at radius 2 is 1.88 bits per heavy atom. The van der Waals surface area contributed by atoms with Crippen LogP contribution < -0.4 is 10.1 Å². The van der Waals surface area contributed by atoms with Gasteiger partial charge in [-0.25, -0.2) is 4.79 Å². The van der Waals surface area contributed by atoms with Gasteiger partial charge in [0.05, 0.1) is 24.5 Å². The number of amides is 1. The molecule has 0 atom stereocenters. The molecule has 1 aliphatic rings. The number of hydrogen-bond donors (Lipinski definition) is 1. The highest BCUT2D eigenvalue weighted by atomic mass is 32.2. The van der Waals surface area contributed by atoms with Crippen molar-refractivity contribution in [2.24, 2.45) is 0 Å². The quantitative estimate of drug-likeness (QED) is 0.237. The number of aryl methyl sites for hydroxylation is 1. The van der Waals surface area contributed by atoms with Crippen molar-refractivity contribution >= 4 is 40.0 Å². The molecule has 1 aliphatic carbocycles. The molecule has 34 heavy (non-hydrogen) atoms. The number of esters is 1. The predicted molar refractivity (Wildman–Crippen MR) is 132 cm³/mol. The van der Waals surface area contributed by atoms with Gasteiger partial charge in [0.15, 0.2) is 0 Å². The van der Waals surface area contributed by atoms with E-state index < -0.39 is 0 Å². The third-order valence-corrected chi connectivity index (χ3v) is 7.32. The SMILES string of the molecule is CCOC(=O)c1c(NC(=O)CSc2nnc(-c3ccc(OCC)cc3)o2)sc2c1CCCCC2. The van der Waals surface area contributed by atoms with Crippen LogP contribution >= 0.6 is 23.1 Å². The Labute approximate surface area is 206 Å². The number of carbonyl (C=O) groups excluding carboxylic acids is 2. The number of benzene rings is 1. The molecule has 180 valence electrons. The molecule has 1 N–H and O–H groups in total. The molecule has 8 nitrogen and oxygen atoms in total. The lowest BCUT2D eigenvalue weighted by molar-refractivity contribution is -0.113. The van der Waals surface area contributed by atoms with Crippen LogP contribution in [0.3, 0.4) is 0 Å². The zero-order valence-corrected chi connectivity index (χ0v) is 20.9. The number of carbonyl (C=O) groups is 2. The molecule has 4 rings (SSSR count). The first kappa shape index (κ1) is 24.3. The normalized spacial score (nSPS) is 13.1. The Hall–Kier alpha value is -2.85. The van der Waals surface area contributed by atoms with E-state index in [2.05, 4.69) is 15.5 Å². The summed E-state index contributed by atoms with van der Waals surface area (Å²) >= 11 is 2.63. The van der Waals surface area contributed by atoms with Crippen LogP contribution in [0.4, 0.5) is 5.00 Å². The third-order valence-electron chi connectivity index (χ3n) is 5.30. The van der Waals surface area contributed by atoms with E-state index >= 15 is 0 Å². The highest BCUT2D eigenvalue weighted by molar-refractivity contribution is 7.99. The topological polar surface area (TPSA) is 104 Å². The Kier molecular flexibility index (Phi) is 8.23. The highest BCUT2D eigenvalue weighted by Crippen LogP contribution is 2.38. The fraction of sp³-hybridized carbons (Fsp3) is 0.417. The summed E-state index contributed by atoms with van der Waals surface area (Å²) in [6.07, 6.45) is 5.03. The number of rotatable bonds is 9. The monoisotopic (exact) mass is 501 g/mol. The van der Waals surface area contributed by atoms with Crippen LogP contribution in [-0.2, 0) is 22.4 Å². The molecule has 3 aromatic rings. The van der Waals surface area contributed by atoms with Crippen LogP contribution in [0.5, 0.6) is 5.75 Å². The second-order valence-corrected chi connectivity index (χ2v) is 9.69. The molecule has 0 spiro atoms. The first-order valence-electron chi connectivity index (χ1n) is 11.4. The summed E-state index contributed by atoms with van der Waals surface area (Å²) < 4.78 is 16.4. The Bertz CT molecular complexity index is 1140. The van der Waals surface area contributed by atoms with E-state index in [0.717, 1.165) is 60.7 Å². The average Bonchev–Trinajstić information content (AvgIpc) is 3.36. The standard InChI is InChI=1S/C24H27N3O5S2/c1-3-30-16-12-10-15(11-13-16)21-26-27-24(32-21)33-14-19(28)25-22-20(23(29)31-4-2)17-8-6-5-7-9-18(17)34-22/h10-13H,3-9,14H2,1-2H3,(H,25,28). The maximum absolute atomic E-state index is 12.7. The van der Waals surface area contributed by atoms with E-state index in [9.17, 15) is 9.59 Å². The van der Waals surface area contributed by atoms with Gasteiger partial charge in [-0.15, -0.1) is 21.5 Å². The van der Waals surface area contributed by atoms with Crippen LogP contribution in [0.15, 0.2) is 33.9 Å². The molecule has 0 radical (unpaired) electrons. The smallest absolute Gasteiger partial charge is 0.341 e. The van der Waals surface area contributed by atoms with E-state index in [1.165, 1.54) is 16.2 Å². The lowest BCUT2D eigenvalue weighted by Crippen LogP contribution is -2.16. The van der Waals surface area contributed by atoms with Gasteiger partial charge in [-0.2, -0.15) is 0 Å². The zero-order chi connectivity index (χ0) is 23.9. The van der Waals surface area contributed by atoms with Crippen molar-refractivity contribution < 1.29 is 23.5 Å². The van der Waals surface area contributed by atoms with Gasteiger partial charge in [0.25, 0.3) is 5.22 Å². The van der Waals surface area contributed by atoms with Gasteiger partial charge in [-0.1, -0.05) is 18.2 Å². The number of thiophene rings is 1. The summed E-state index contributed by atoms with van der Waals surface area (Å²) in [6.45, 7) is 4.60. The Morgan fingerprint density at radius 1 is 1.09 bits per heavy atom. The van der Waals surface area contributed by atoms with Crippen molar-refractivity contribution in [1.82, 2.24) is 10.2 Å². The maximum atomic E-state index is 12.7. The molecule has 0 saturated heterocycles. The number of nitrogens with one attached hydrogen (secondary N) is 1. The van der Waals surface area contributed by atoms with Crippen molar-refractivity contribution in [3.05, 3.63) is 40.3 Å². The molecular formula is C24H27N3O5S2. The third kappa shape index (κ3) is 5.79. The average molecular weight is 502 g/mol. The van der Waals surface area contributed by atoms with Gasteiger partial charge in [-0.05, 0) is 69.4 Å². The highest BCUT2D eigenvalue weighted by Gasteiger charge is 2.26. The molecule has 0 saturated carbocycles. The van der Waals surface area contributed by atoms with Crippen molar-refractivity contribution in [2.75, 3.05) is 24.3 Å². The minimum atomic E-state index is -0.373. The minimum absolute atomic E-state index is 0.0791. The number of hydrogen-bond acceptors (Lipinski definition) is 9. The fourth-order valence-electron chi connectivity index (χ4n) is 3.79. The summed E-state index contributed by atoms with van der Waals surface area (Å²) in [5.74, 6) is 0.604. The first-order chi connectivity index (χ1) is 16.6. The summed E-state index contributed by atoms with van der Waals surface area (Å²) in [6, 6.07) is 7.37. The maximum Gasteiger partial charge on any atom is 0.341 e. The number of anilines is 1. The van der Waals surface area contributed by atoms with Crippen LogP contribution in [-0.4, -0.2) is 41.0 Å². The second-order valence-electron chi connectivity index (χ2n) is 7.66. The van der Waals surface area contributed by atoms with E-state index in [4.69, 9.17) is 13.9 Å². The summed E-state index contributed by atoms with van der Waals surface area (Å²) in [5, 5.41) is 11.9. The van der Waals surface area contributed by atoms with Gasteiger partial charge < -0.3 is 19.2 Å². The summed E-state index contributed by atoms with van der Waals surface area (Å²) in [5.41, 5.74) is 2.31. The van der Waals surface area contributed by atoms with Crippen molar-refractivity contribution in [3.63, 3.8) is 0 Å². The molecule has 1 amide bonds. The Balaban J connectivity index is 1.40. The molecule has 1 aromatic carbocycles. The van der Waals surface area contributed by atoms with Crippen LogP contribution in [0, 0.1) is 0 Å². The lowest BCUT2D eigenvalue weighted by Gasteiger charge is -2.08. The van der Waals surface area contributed by atoms with E-state index in [-0.39, 0.29) is 17.6 Å². The van der Waals surface area contributed by atoms with Gasteiger partial charge in [0.1, 0.15) is 10.8 Å². The van der Waals surface area contributed by atoms with Crippen molar-refractivity contribution in [1.29, 1.82) is 0 Å². The zero-order valence-electron chi connectivity index (χ0n) is 19.2. The number of ether oxygens (including phenoxy) is 2. The molecule has 0 unspecified atom stereocenters. The minimum Gasteiger partial charge on any atom is -0.494 e. The molecule has 0 aliphatic heterocycles. The largest absolute Gasteiger partial charge is 0.494 e. The molecule has 10 heteroatoms. The summed E-state index contributed by atoms with van der Waals surface area (Å²) in [7, 11) is 0. The van der Waals surface area contributed by atoms with Crippen LogP contribution in [0.1, 0.15) is 53.9 Å². The van der Waals surface area contributed by atoms with E-state index in [1.54, 1.807) is 6.92 Å². The molecule has 2 aromatic heterocycles. The van der Waals surface area contributed by atoms with Gasteiger partial charge in [-0.3, -0.25) is 4.79 Å². The van der Waals surface area contributed by atoms with E-state index in [0.29, 0.717) is 34.9 Å². The molecule has 2 heterocycles. The van der Waals surface area contributed by atoms with Crippen molar-refractivity contribution in [2.45, 2.75) is 51.2 Å². The van der Waals surface area contributed by atoms with Gasteiger partial charge >= 0.3 is 5.97 Å². The van der Waals surface area contributed by atoms with Crippen LogP contribution in [0.2, 0.25) is 0 Å². The molecule has 0 fully saturated rings. The Morgan fingerprint density at radius 3 is 2.65 bits per heavy atom.